The molecule has 0 saturated carbocycles. The van der Waals surface area contributed by atoms with Gasteiger partial charge in [-0.25, -0.2) is 8.78 Å². The van der Waals surface area contributed by atoms with Crippen molar-refractivity contribution in [3.8, 4) is 0 Å². The Balaban J connectivity index is 3.12. The van der Waals surface area contributed by atoms with Crippen LogP contribution < -0.4 is 5.73 Å². The molecule has 0 bridgehead atoms. The van der Waals surface area contributed by atoms with E-state index < -0.39 is 23.8 Å². The van der Waals surface area contributed by atoms with Gasteiger partial charge in [-0.15, -0.1) is 0 Å². The van der Waals surface area contributed by atoms with Gasteiger partial charge >= 0.3 is 0 Å². The van der Waals surface area contributed by atoms with Gasteiger partial charge in [-0.3, -0.25) is 0 Å². The van der Waals surface area contributed by atoms with E-state index in [0.29, 0.717) is 0 Å². The molecular formula is C10H13F2NO. The van der Waals surface area contributed by atoms with E-state index in [0.717, 1.165) is 12.1 Å². The van der Waals surface area contributed by atoms with Crippen molar-refractivity contribution < 1.29 is 13.9 Å². The lowest BCUT2D eigenvalue weighted by Crippen LogP contribution is -2.24. The summed E-state index contributed by atoms with van der Waals surface area (Å²) < 4.78 is 26.1. The molecule has 0 radical (unpaired) electrons. The van der Waals surface area contributed by atoms with E-state index in [1.165, 1.54) is 6.92 Å². The summed E-state index contributed by atoms with van der Waals surface area (Å²) in [5.74, 6) is -1.33. The normalized spacial score (nSPS) is 15.3. The van der Waals surface area contributed by atoms with Crippen molar-refractivity contribution in [2.45, 2.75) is 26.0 Å². The number of halogens is 2. The van der Waals surface area contributed by atoms with Gasteiger partial charge in [0.2, 0.25) is 0 Å². The Morgan fingerprint density at radius 2 is 1.71 bits per heavy atom. The van der Waals surface area contributed by atoms with Crippen LogP contribution >= 0.6 is 0 Å². The maximum atomic E-state index is 13.1. The fourth-order valence-electron chi connectivity index (χ4n) is 1.14. The smallest absolute Gasteiger partial charge is 0.129 e. The monoisotopic (exact) mass is 201 g/mol. The minimum absolute atomic E-state index is 0.0503. The van der Waals surface area contributed by atoms with Gasteiger partial charge in [0, 0.05) is 11.6 Å². The molecule has 2 nitrogen and oxygen atoms in total. The molecule has 0 aromatic heterocycles. The summed E-state index contributed by atoms with van der Waals surface area (Å²) in [6.45, 7) is 2.91. The van der Waals surface area contributed by atoms with E-state index in [-0.39, 0.29) is 11.1 Å². The van der Waals surface area contributed by atoms with Crippen molar-refractivity contribution in [2.24, 2.45) is 5.73 Å². The number of nitrogens with two attached hydrogens (primary N) is 1. The van der Waals surface area contributed by atoms with Crippen molar-refractivity contribution in [3.05, 3.63) is 34.9 Å². The van der Waals surface area contributed by atoms with E-state index in [1.54, 1.807) is 6.92 Å². The third kappa shape index (κ3) is 2.08. The molecular weight excluding hydrogens is 188 g/mol. The fraction of sp³-hybridized carbons (Fsp3) is 0.400. The largest absolute Gasteiger partial charge is 0.387 e. The Kier molecular flexibility index (Phi) is 3.18. The second-order valence-corrected chi connectivity index (χ2v) is 3.41. The summed E-state index contributed by atoms with van der Waals surface area (Å²) in [7, 11) is 0. The molecule has 78 valence electrons. The van der Waals surface area contributed by atoms with Crippen LogP contribution in [0.4, 0.5) is 8.78 Å². The summed E-state index contributed by atoms with van der Waals surface area (Å²) in [5.41, 5.74) is 5.53. The van der Waals surface area contributed by atoms with E-state index in [2.05, 4.69) is 0 Å². The maximum absolute atomic E-state index is 13.1. The van der Waals surface area contributed by atoms with Crippen molar-refractivity contribution in [3.63, 3.8) is 0 Å². The van der Waals surface area contributed by atoms with Crippen molar-refractivity contribution in [1.29, 1.82) is 0 Å². The number of rotatable bonds is 2. The number of aliphatic hydroxyl groups is 1. The van der Waals surface area contributed by atoms with Crippen LogP contribution in [0, 0.1) is 18.6 Å². The van der Waals surface area contributed by atoms with Crippen LogP contribution in [0.1, 0.15) is 24.2 Å². The van der Waals surface area contributed by atoms with Gasteiger partial charge in [0.15, 0.2) is 0 Å². The zero-order valence-corrected chi connectivity index (χ0v) is 8.09. The topological polar surface area (TPSA) is 46.2 Å². The molecule has 0 spiro atoms. The van der Waals surface area contributed by atoms with Gasteiger partial charge in [-0.2, -0.15) is 0 Å². The minimum atomic E-state index is -1.04. The van der Waals surface area contributed by atoms with Crippen molar-refractivity contribution >= 4 is 0 Å². The first-order chi connectivity index (χ1) is 6.43. The Labute approximate surface area is 81.4 Å². The first-order valence-corrected chi connectivity index (χ1v) is 4.32. The SMILES string of the molecule is Cc1c(F)cc(C(O)C(C)N)cc1F. The van der Waals surface area contributed by atoms with Crippen LogP contribution in [-0.2, 0) is 0 Å². The highest BCUT2D eigenvalue weighted by Crippen LogP contribution is 2.21. The van der Waals surface area contributed by atoms with Gasteiger partial charge in [0.1, 0.15) is 11.6 Å². The molecule has 0 saturated heterocycles. The van der Waals surface area contributed by atoms with Crippen LogP contribution in [0.25, 0.3) is 0 Å². The van der Waals surface area contributed by atoms with Gasteiger partial charge in [0.05, 0.1) is 6.10 Å². The molecule has 1 rings (SSSR count). The zero-order chi connectivity index (χ0) is 10.9. The molecule has 0 aliphatic carbocycles. The fourth-order valence-corrected chi connectivity index (χ4v) is 1.14. The lowest BCUT2D eigenvalue weighted by Gasteiger charge is -2.15. The highest BCUT2D eigenvalue weighted by molar-refractivity contribution is 5.27. The summed E-state index contributed by atoms with van der Waals surface area (Å²) in [5, 5.41) is 9.48. The minimum Gasteiger partial charge on any atom is -0.387 e. The molecule has 0 aliphatic rings. The van der Waals surface area contributed by atoms with Crippen LogP contribution in [0.5, 0.6) is 0 Å². The van der Waals surface area contributed by atoms with E-state index in [9.17, 15) is 13.9 Å². The number of benzene rings is 1. The summed E-state index contributed by atoms with van der Waals surface area (Å²) in [6.07, 6.45) is -1.04. The molecule has 14 heavy (non-hydrogen) atoms. The third-order valence-corrected chi connectivity index (χ3v) is 2.14. The standard InChI is InChI=1S/C10H13F2NO/c1-5-8(11)3-7(4-9(5)12)10(14)6(2)13/h3-4,6,10,14H,13H2,1-2H3. The zero-order valence-electron chi connectivity index (χ0n) is 8.09. The van der Waals surface area contributed by atoms with Crippen molar-refractivity contribution in [1.82, 2.24) is 0 Å². The Morgan fingerprint density at radius 3 is 2.07 bits per heavy atom. The molecule has 3 N–H and O–H groups in total. The summed E-state index contributed by atoms with van der Waals surface area (Å²) in [6, 6.07) is 1.65. The third-order valence-electron chi connectivity index (χ3n) is 2.14. The highest BCUT2D eigenvalue weighted by atomic mass is 19.1. The second kappa shape index (κ2) is 4.02. The lowest BCUT2D eigenvalue weighted by molar-refractivity contribution is 0.152. The summed E-state index contributed by atoms with van der Waals surface area (Å²) >= 11 is 0. The van der Waals surface area contributed by atoms with Crippen LogP contribution in [0.15, 0.2) is 12.1 Å². The quantitative estimate of drug-likeness (QED) is 0.764. The predicted octanol–water partition coefficient (Wildman–Crippen LogP) is 1.65. The molecule has 1 aromatic rings. The average Bonchev–Trinajstić information content (AvgIpc) is 2.12. The number of aliphatic hydroxyl groups excluding tert-OH is 1. The maximum Gasteiger partial charge on any atom is 0.129 e. The molecule has 1 aromatic carbocycles. The second-order valence-electron chi connectivity index (χ2n) is 3.41. The molecule has 0 heterocycles. The van der Waals surface area contributed by atoms with E-state index >= 15 is 0 Å². The van der Waals surface area contributed by atoms with Gasteiger partial charge in [-0.05, 0) is 31.5 Å². The molecule has 2 atom stereocenters. The van der Waals surface area contributed by atoms with Crippen LogP contribution in [-0.4, -0.2) is 11.1 Å². The number of hydrogen-bond acceptors (Lipinski definition) is 2. The van der Waals surface area contributed by atoms with Gasteiger partial charge < -0.3 is 10.8 Å². The highest BCUT2D eigenvalue weighted by Gasteiger charge is 2.16. The lowest BCUT2D eigenvalue weighted by atomic mass is 10.0. The molecule has 4 heteroatoms. The van der Waals surface area contributed by atoms with Crippen LogP contribution in [0.2, 0.25) is 0 Å². The number of hydrogen-bond donors (Lipinski definition) is 2. The van der Waals surface area contributed by atoms with E-state index in [1.807, 2.05) is 0 Å². The molecule has 2 unspecified atom stereocenters. The average molecular weight is 201 g/mol. The summed E-state index contributed by atoms with van der Waals surface area (Å²) in [4.78, 5) is 0. The molecule has 0 aliphatic heterocycles. The Morgan fingerprint density at radius 1 is 1.29 bits per heavy atom. The first-order valence-electron chi connectivity index (χ1n) is 4.32. The van der Waals surface area contributed by atoms with Gasteiger partial charge in [-0.1, -0.05) is 0 Å². The predicted molar refractivity (Wildman–Crippen MR) is 49.7 cm³/mol. The molecule has 0 amide bonds. The molecule has 0 fully saturated rings. The Hall–Kier alpha value is -1.00. The van der Waals surface area contributed by atoms with Crippen LogP contribution in [0.3, 0.4) is 0 Å². The first kappa shape index (κ1) is 11.1. The van der Waals surface area contributed by atoms with Crippen molar-refractivity contribution in [2.75, 3.05) is 0 Å². The Bertz CT molecular complexity index is 316. The van der Waals surface area contributed by atoms with Gasteiger partial charge in [0.25, 0.3) is 0 Å². The van der Waals surface area contributed by atoms with E-state index in [4.69, 9.17) is 5.73 Å².